The van der Waals surface area contributed by atoms with Crippen LogP contribution in [0.3, 0.4) is 0 Å². The number of hydrogen-bond acceptors (Lipinski definition) is 5. The van der Waals surface area contributed by atoms with E-state index in [-0.39, 0.29) is 17.4 Å². The summed E-state index contributed by atoms with van der Waals surface area (Å²) in [7, 11) is -2.93. The molecule has 2 aromatic heterocycles. The number of thiophene rings is 1. The minimum atomic E-state index is -2.93. The number of primary amides is 1. The molecule has 1 amide bonds. The van der Waals surface area contributed by atoms with Crippen molar-refractivity contribution in [3.63, 3.8) is 0 Å². The number of aromatic amines is 1. The zero-order valence-electron chi connectivity index (χ0n) is 17.1. The summed E-state index contributed by atoms with van der Waals surface area (Å²) >= 11 is 3.64. The summed E-state index contributed by atoms with van der Waals surface area (Å²) in [5.41, 5.74) is 10.0. The van der Waals surface area contributed by atoms with Crippen molar-refractivity contribution in [2.75, 3.05) is 11.5 Å². The van der Waals surface area contributed by atoms with E-state index in [1.807, 2.05) is 24.0 Å². The lowest BCUT2D eigenvalue weighted by atomic mass is 9.91. The Hall–Kier alpha value is -1.77. The number of fused-ring (bicyclic) bond motifs is 1. The highest BCUT2D eigenvalue weighted by molar-refractivity contribution is 7.99. The SMILES string of the molecule is CC(C)SCc1cc(-c2cc(C(N)=O)c3[nH]cc(C4CCS(=O)(=O)CC4)c3c2)cs1. The fraction of sp³-hybridized carbons (Fsp3) is 0.409. The van der Waals surface area contributed by atoms with Crippen LogP contribution in [-0.4, -0.2) is 36.1 Å². The highest BCUT2D eigenvalue weighted by Gasteiger charge is 2.27. The van der Waals surface area contributed by atoms with Gasteiger partial charge in [0.1, 0.15) is 9.84 Å². The Labute approximate surface area is 185 Å². The quantitative estimate of drug-likeness (QED) is 0.543. The molecule has 4 rings (SSSR count). The van der Waals surface area contributed by atoms with Gasteiger partial charge in [0.25, 0.3) is 5.91 Å². The number of hydrogen-bond donors (Lipinski definition) is 2. The first-order chi connectivity index (χ1) is 14.2. The van der Waals surface area contributed by atoms with Crippen LogP contribution in [0, 0.1) is 0 Å². The van der Waals surface area contributed by atoms with Gasteiger partial charge in [0.15, 0.2) is 0 Å². The van der Waals surface area contributed by atoms with E-state index >= 15 is 0 Å². The van der Waals surface area contributed by atoms with E-state index in [9.17, 15) is 13.2 Å². The molecule has 0 spiro atoms. The van der Waals surface area contributed by atoms with Gasteiger partial charge in [0.05, 0.1) is 22.6 Å². The van der Waals surface area contributed by atoms with Crippen LogP contribution in [0.15, 0.2) is 29.8 Å². The summed E-state index contributed by atoms with van der Waals surface area (Å²) in [4.78, 5) is 16.7. The molecule has 0 bridgehead atoms. The highest BCUT2D eigenvalue weighted by Crippen LogP contribution is 2.38. The summed E-state index contributed by atoms with van der Waals surface area (Å²) in [6, 6.07) is 6.15. The van der Waals surface area contributed by atoms with Crippen molar-refractivity contribution >= 4 is 49.7 Å². The third-order valence-electron chi connectivity index (χ3n) is 5.63. The van der Waals surface area contributed by atoms with Gasteiger partial charge in [-0.25, -0.2) is 8.42 Å². The predicted molar refractivity (Wildman–Crippen MR) is 127 cm³/mol. The largest absolute Gasteiger partial charge is 0.366 e. The summed E-state index contributed by atoms with van der Waals surface area (Å²) in [6.07, 6.45) is 3.14. The molecule has 5 nitrogen and oxygen atoms in total. The number of sulfone groups is 1. The number of nitrogens with one attached hydrogen (secondary N) is 1. The summed E-state index contributed by atoms with van der Waals surface area (Å²) in [6.45, 7) is 4.38. The minimum Gasteiger partial charge on any atom is -0.366 e. The molecular formula is C22H26N2O3S3. The van der Waals surface area contributed by atoms with Crippen LogP contribution < -0.4 is 5.73 Å². The molecule has 3 N–H and O–H groups in total. The first kappa shape index (κ1) is 21.5. The van der Waals surface area contributed by atoms with E-state index in [1.54, 1.807) is 11.3 Å². The number of benzene rings is 1. The molecule has 1 aliphatic rings. The van der Waals surface area contributed by atoms with Gasteiger partial charge in [-0.2, -0.15) is 11.8 Å². The van der Waals surface area contributed by atoms with Crippen molar-refractivity contribution in [3.8, 4) is 11.1 Å². The average molecular weight is 463 g/mol. The summed E-state index contributed by atoms with van der Waals surface area (Å²) < 4.78 is 23.7. The Kier molecular flexibility index (Phi) is 6.01. The molecule has 0 unspecified atom stereocenters. The van der Waals surface area contributed by atoms with Crippen LogP contribution in [0.25, 0.3) is 22.0 Å². The molecule has 1 aliphatic heterocycles. The van der Waals surface area contributed by atoms with Gasteiger partial charge in [-0.15, -0.1) is 11.3 Å². The number of carbonyl (C=O) groups excluding carboxylic acids is 1. The normalized spacial score (nSPS) is 17.0. The Morgan fingerprint density at radius 2 is 1.97 bits per heavy atom. The van der Waals surface area contributed by atoms with Crippen LogP contribution in [0.4, 0.5) is 0 Å². The number of thioether (sulfide) groups is 1. The molecule has 160 valence electrons. The van der Waals surface area contributed by atoms with Gasteiger partial charge < -0.3 is 10.7 Å². The van der Waals surface area contributed by atoms with Gasteiger partial charge in [-0.05, 0) is 64.3 Å². The lowest BCUT2D eigenvalue weighted by molar-refractivity contribution is 0.100. The zero-order valence-corrected chi connectivity index (χ0v) is 19.6. The number of H-pyrrole nitrogens is 1. The molecule has 3 heterocycles. The Morgan fingerprint density at radius 3 is 2.63 bits per heavy atom. The minimum absolute atomic E-state index is 0.165. The molecular weight excluding hydrogens is 436 g/mol. The van der Waals surface area contributed by atoms with Gasteiger partial charge >= 0.3 is 0 Å². The lowest BCUT2D eigenvalue weighted by Crippen LogP contribution is -2.22. The van der Waals surface area contributed by atoms with Gasteiger partial charge in [-0.3, -0.25) is 4.79 Å². The van der Waals surface area contributed by atoms with Crippen molar-refractivity contribution in [1.82, 2.24) is 4.98 Å². The first-order valence-corrected chi connectivity index (χ1v) is 13.8. The van der Waals surface area contributed by atoms with E-state index in [1.165, 1.54) is 4.88 Å². The maximum atomic E-state index is 12.2. The standard InChI is InChI=1S/C22H26N2O3S3/c1-13(2)28-12-17-7-16(11-29-17)15-8-18-20(14-3-5-30(26,27)6-4-14)10-24-21(18)19(9-15)22(23)25/h7-11,13-14,24H,3-6,12H2,1-2H3,(H2,23,25). The molecule has 0 saturated carbocycles. The van der Waals surface area contributed by atoms with Crippen LogP contribution in [0.2, 0.25) is 0 Å². The van der Waals surface area contributed by atoms with Crippen molar-refractivity contribution in [2.24, 2.45) is 5.73 Å². The second kappa shape index (κ2) is 8.40. The molecule has 3 aromatic rings. The average Bonchev–Trinajstić information content (AvgIpc) is 3.32. The van der Waals surface area contributed by atoms with Gasteiger partial charge in [-0.1, -0.05) is 13.8 Å². The third-order valence-corrected chi connectivity index (χ3v) is 9.61. The third kappa shape index (κ3) is 4.45. The van der Waals surface area contributed by atoms with Crippen molar-refractivity contribution < 1.29 is 13.2 Å². The topological polar surface area (TPSA) is 93.0 Å². The van der Waals surface area contributed by atoms with Crippen LogP contribution in [0.1, 0.15) is 53.4 Å². The number of aromatic nitrogens is 1. The summed E-state index contributed by atoms with van der Waals surface area (Å²) in [5, 5.41) is 3.67. The maximum absolute atomic E-state index is 12.2. The number of rotatable bonds is 6. The molecule has 1 fully saturated rings. The van der Waals surface area contributed by atoms with Gasteiger partial charge in [0.2, 0.25) is 0 Å². The smallest absolute Gasteiger partial charge is 0.250 e. The van der Waals surface area contributed by atoms with E-state index < -0.39 is 15.7 Å². The monoisotopic (exact) mass is 462 g/mol. The molecule has 0 radical (unpaired) electrons. The first-order valence-electron chi connectivity index (χ1n) is 10.1. The second-order valence-electron chi connectivity index (χ2n) is 8.14. The zero-order chi connectivity index (χ0) is 21.5. The fourth-order valence-electron chi connectivity index (χ4n) is 4.01. The molecule has 1 aromatic carbocycles. The fourth-order valence-corrected chi connectivity index (χ4v) is 7.24. The van der Waals surface area contributed by atoms with Crippen molar-refractivity contribution in [3.05, 3.63) is 45.8 Å². The Balaban J connectivity index is 1.74. The Morgan fingerprint density at radius 1 is 1.23 bits per heavy atom. The molecule has 30 heavy (non-hydrogen) atoms. The molecule has 0 aliphatic carbocycles. The molecule has 8 heteroatoms. The van der Waals surface area contributed by atoms with Crippen molar-refractivity contribution in [1.29, 1.82) is 0 Å². The van der Waals surface area contributed by atoms with Crippen molar-refractivity contribution in [2.45, 2.75) is 43.6 Å². The highest BCUT2D eigenvalue weighted by atomic mass is 32.2. The number of amides is 1. The van der Waals surface area contributed by atoms with Crippen LogP contribution in [0.5, 0.6) is 0 Å². The molecule has 1 saturated heterocycles. The lowest BCUT2D eigenvalue weighted by Gasteiger charge is -2.21. The van der Waals surface area contributed by atoms with E-state index in [0.717, 1.165) is 33.3 Å². The van der Waals surface area contributed by atoms with Crippen LogP contribution in [-0.2, 0) is 15.6 Å². The van der Waals surface area contributed by atoms with E-state index in [2.05, 4.69) is 36.3 Å². The van der Waals surface area contributed by atoms with Crippen LogP contribution >= 0.6 is 23.1 Å². The molecule has 0 atom stereocenters. The summed E-state index contributed by atoms with van der Waals surface area (Å²) in [5.74, 6) is 1.10. The predicted octanol–water partition coefficient (Wildman–Crippen LogP) is 4.93. The van der Waals surface area contributed by atoms with E-state index in [4.69, 9.17) is 5.73 Å². The number of carbonyl (C=O) groups is 1. The van der Waals surface area contributed by atoms with E-state index in [0.29, 0.717) is 23.7 Å². The number of nitrogens with two attached hydrogens (primary N) is 1. The van der Waals surface area contributed by atoms with Gasteiger partial charge in [0, 0.05) is 22.2 Å². The Bertz CT molecular complexity index is 1180. The maximum Gasteiger partial charge on any atom is 0.250 e. The second-order valence-corrected chi connectivity index (χ2v) is 13.0.